The Morgan fingerprint density at radius 1 is 1.00 bits per heavy atom. The van der Waals surface area contributed by atoms with Crippen LogP contribution >= 0.6 is 0 Å². The number of aryl methyl sites for hydroxylation is 1. The summed E-state index contributed by atoms with van der Waals surface area (Å²) in [5.41, 5.74) is 6.82. The van der Waals surface area contributed by atoms with E-state index >= 15 is 0 Å². The van der Waals surface area contributed by atoms with Crippen molar-refractivity contribution in [3.05, 3.63) is 84.1 Å². The molecule has 122 valence electrons. The fraction of sp³-hybridized carbons (Fsp3) is 0.0952. The van der Waals surface area contributed by atoms with Gasteiger partial charge in [0.15, 0.2) is 5.82 Å². The summed E-state index contributed by atoms with van der Waals surface area (Å²) < 4.78 is 17.6. The number of fused-ring (bicyclic) bond motifs is 5. The van der Waals surface area contributed by atoms with Crippen molar-refractivity contribution < 1.29 is 4.39 Å². The summed E-state index contributed by atoms with van der Waals surface area (Å²) in [5.74, 6) is 0.709. The van der Waals surface area contributed by atoms with E-state index in [1.165, 1.54) is 28.9 Å². The number of hydrogen-bond donors (Lipinski definition) is 0. The van der Waals surface area contributed by atoms with Gasteiger partial charge in [-0.1, -0.05) is 29.8 Å². The predicted octanol–water partition coefficient (Wildman–Crippen LogP) is 4.82. The van der Waals surface area contributed by atoms with Crippen molar-refractivity contribution >= 4 is 0 Å². The smallest absolute Gasteiger partial charge is 0.161 e. The van der Waals surface area contributed by atoms with Gasteiger partial charge in [-0.3, -0.25) is 4.57 Å². The minimum absolute atomic E-state index is 0.218. The summed E-state index contributed by atoms with van der Waals surface area (Å²) in [6.07, 6.45) is 5.96. The van der Waals surface area contributed by atoms with E-state index in [9.17, 15) is 4.39 Å². The Kier molecular flexibility index (Phi) is 2.95. The highest BCUT2D eigenvalue weighted by atomic mass is 19.1. The highest BCUT2D eigenvalue weighted by Crippen LogP contribution is 2.34. The van der Waals surface area contributed by atoms with Crippen LogP contribution in [0, 0.1) is 12.7 Å². The summed E-state index contributed by atoms with van der Waals surface area (Å²) in [4.78, 5) is 4.58. The number of benzene rings is 2. The van der Waals surface area contributed by atoms with Crippen LogP contribution in [0.1, 0.15) is 11.1 Å². The molecule has 0 fully saturated rings. The fourth-order valence-corrected chi connectivity index (χ4v) is 3.58. The van der Waals surface area contributed by atoms with E-state index in [1.807, 2.05) is 24.5 Å². The first-order valence-electron chi connectivity index (χ1n) is 8.29. The monoisotopic (exact) mass is 329 g/mol. The van der Waals surface area contributed by atoms with E-state index in [4.69, 9.17) is 0 Å². The Balaban J connectivity index is 1.71. The number of aromatic nitrogens is 3. The van der Waals surface area contributed by atoms with Crippen molar-refractivity contribution in [3.63, 3.8) is 0 Å². The first-order chi connectivity index (χ1) is 12.2. The van der Waals surface area contributed by atoms with E-state index < -0.39 is 0 Å². The van der Waals surface area contributed by atoms with Gasteiger partial charge in [0.25, 0.3) is 0 Å². The summed E-state index contributed by atoms with van der Waals surface area (Å²) in [5, 5.41) is 0. The van der Waals surface area contributed by atoms with Crippen molar-refractivity contribution in [2.75, 3.05) is 0 Å². The van der Waals surface area contributed by atoms with Crippen molar-refractivity contribution in [2.45, 2.75) is 13.5 Å². The maximum Gasteiger partial charge on any atom is 0.161 e. The predicted molar refractivity (Wildman–Crippen MR) is 96.2 cm³/mol. The molecule has 0 atom stereocenters. The quantitative estimate of drug-likeness (QED) is 0.432. The minimum Gasteiger partial charge on any atom is -0.340 e. The third kappa shape index (κ3) is 2.22. The molecule has 0 spiro atoms. The first kappa shape index (κ1) is 14.2. The van der Waals surface area contributed by atoms with Gasteiger partial charge in [0.05, 0.1) is 11.4 Å². The Morgan fingerprint density at radius 2 is 1.84 bits per heavy atom. The van der Waals surface area contributed by atoms with Crippen LogP contribution in [0.2, 0.25) is 0 Å². The molecular formula is C21H16FN3. The van der Waals surface area contributed by atoms with Crippen LogP contribution in [0.5, 0.6) is 0 Å². The summed E-state index contributed by atoms with van der Waals surface area (Å²) in [6.45, 7) is 2.90. The second-order valence-corrected chi connectivity index (χ2v) is 6.50. The van der Waals surface area contributed by atoms with Crippen LogP contribution in [0.15, 0.2) is 67.1 Å². The molecule has 5 rings (SSSR count). The molecule has 4 aromatic rings. The SMILES string of the molecule is Cc1ccc2c(c1)Cn1cc(-c3ccc(F)cc3)cc1-c1nccn1-2. The number of nitrogens with zero attached hydrogens (tertiary/aromatic N) is 3. The second-order valence-electron chi connectivity index (χ2n) is 6.50. The van der Waals surface area contributed by atoms with Gasteiger partial charge in [-0.2, -0.15) is 0 Å². The zero-order valence-electron chi connectivity index (χ0n) is 13.8. The zero-order chi connectivity index (χ0) is 17.0. The van der Waals surface area contributed by atoms with Crippen LogP contribution in [-0.4, -0.2) is 14.1 Å². The minimum atomic E-state index is -0.218. The highest BCUT2D eigenvalue weighted by molar-refractivity contribution is 5.71. The molecule has 0 radical (unpaired) electrons. The van der Waals surface area contributed by atoms with Crippen LogP contribution in [-0.2, 0) is 6.54 Å². The third-order valence-corrected chi connectivity index (χ3v) is 4.78. The fourth-order valence-electron chi connectivity index (χ4n) is 3.58. The van der Waals surface area contributed by atoms with E-state index in [2.05, 4.69) is 51.5 Å². The topological polar surface area (TPSA) is 22.8 Å². The first-order valence-corrected chi connectivity index (χ1v) is 8.29. The van der Waals surface area contributed by atoms with Crippen LogP contribution in [0.25, 0.3) is 28.3 Å². The molecule has 0 aliphatic carbocycles. The van der Waals surface area contributed by atoms with Gasteiger partial charge in [-0.25, -0.2) is 9.37 Å². The van der Waals surface area contributed by atoms with Crippen LogP contribution in [0.4, 0.5) is 4.39 Å². The van der Waals surface area contributed by atoms with E-state index in [1.54, 1.807) is 0 Å². The molecule has 0 bridgehead atoms. The zero-order valence-corrected chi connectivity index (χ0v) is 13.8. The molecule has 2 aromatic heterocycles. The second kappa shape index (κ2) is 5.18. The lowest BCUT2D eigenvalue weighted by Crippen LogP contribution is -2.00. The Hall–Kier alpha value is -3.14. The molecule has 0 unspecified atom stereocenters. The molecule has 1 aliphatic rings. The Morgan fingerprint density at radius 3 is 2.68 bits per heavy atom. The van der Waals surface area contributed by atoms with Gasteiger partial charge in [0.1, 0.15) is 5.82 Å². The summed E-state index contributed by atoms with van der Waals surface area (Å²) >= 11 is 0. The Labute approximate surface area is 145 Å². The standard InChI is InChI=1S/C21H16FN3/c1-14-2-7-19-17(10-14)13-24-12-16(15-3-5-18(22)6-4-15)11-20(24)21-23-8-9-25(19)21/h2-12H,13H2,1H3. The van der Waals surface area contributed by atoms with Crippen molar-refractivity contribution in [1.29, 1.82) is 0 Å². The number of hydrogen-bond acceptors (Lipinski definition) is 1. The normalized spacial score (nSPS) is 12.2. The Bertz CT molecular complexity index is 1090. The number of imidazole rings is 1. The van der Waals surface area contributed by atoms with Gasteiger partial charge in [0.2, 0.25) is 0 Å². The summed E-state index contributed by atoms with van der Waals surface area (Å²) in [6, 6.07) is 15.3. The maximum absolute atomic E-state index is 13.2. The van der Waals surface area contributed by atoms with Gasteiger partial charge in [0, 0.05) is 30.7 Å². The average molecular weight is 329 g/mol. The largest absolute Gasteiger partial charge is 0.340 e. The third-order valence-electron chi connectivity index (χ3n) is 4.78. The molecule has 1 aliphatic heterocycles. The van der Waals surface area contributed by atoms with Gasteiger partial charge in [-0.15, -0.1) is 0 Å². The molecule has 25 heavy (non-hydrogen) atoms. The number of halogens is 1. The average Bonchev–Trinajstić information content (AvgIpc) is 3.21. The van der Waals surface area contributed by atoms with Crippen LogP contribution < -0.4 is 0 Å². The molecule has 0 amide bonds. The summed E-state index contributed by atoms with van der Waals surface area (Å²) in [7, 11) is 0. The van der Waals surface area contributed by atoms with Crippen molar-refractivity contribution in [2.24, 2.45) is 0 Å². The molecule has 0 saturated heterocycles. The molecule has 0 saturated carbocycles. The van der Waals surface area contributed by atoms with Gasteiger partial charge >= 0.3 is 0 Å². The van der Waals surface area contributed by atoms with Crippen molar-refractivity contribution in [1.82, 2.24) is 14.1 Å². The van der Waals surface area contributed by atoms with Gasteiger partial charge in [-0.05, 0) is 42.3 Å². The van der Waals surface area contributed by atoms with E-state index in [-0.39, 0.29) is 5.82 Å². The molecule has 4 heteroatoms. The number of rotatable bonds is 1. The highest BCUT2D eigenvalue weighted by Gasteiger charge is 2.21. The lowest BCUT2D eigenvalue weighted by molar-refractivity contribution is 0.628. The van der Waals surface area contributed by atoms with Crippen LogP contribution in [0.3, 0.4) is 0 Å². The molecule has 3 nitrogen and oxygen atoms in total. The maximum atomic E-state index is 13.2. The molecular weight excluding hydrogens is 313 g/mol. The van der Waals surface area contributed by atoms with E-state index in [0.717, 1.165) is 29.2 Å². The van der Waals surface area contributed by atoms with Gasteiger partial charge < -0.3 is 4.57 Å². The van der Waals surface area contributed by atoms with E-state index in [0.29, 0.717) is 0 Å². The molecule has 3 heterocycles. The molecule has 0 N–H and O–H groups in total. The lowest BCUT2D eigenvalue weighted by atomic mass is 10.1. The molecule has 2 aromatic carbocycles. The van der Waals surface area contributed by atoms with Crippen molar-refractivity contribution in [3.8, 4) is 28.3 Å². The lowest BCUT2D eigenvalue weighted by Gasteiger charge is -2.10.